The summed E-state index contributed by atoms with van der Waals surface area (Å²) in [5, 5.41) is 3.20. The zero-order valence-electron chi connectivity index (χ0n) is 11.1. The lowest BCUT2D eigenvalue weighted by Crippen LogP contribution is -2.23. The van der Waals surface area contributed by atoms with Crippen LogP contribution in [0.4, 0.5) is 8.78 Å². The van der Waals surface area contributed by atoms with Gasteiger partial charge in [-0.1, -0.05) is 48.9 Å². The van der Waals surface area contributed by atoms with Crippen LogP contribution in [-0.2, 0) is 0 Å². The second-order valence-corrected chi connectivity index (χ2v) is 4.54. The molecule has 0 spiro atoms. The fourth-order valence-electron chi connectivity index (χ4n) is 2.11. The number of nitrogens with one attached hydrogen (secondary N) is 1. The van der Waals surface area contributed by atoms with E-state index in [9.17, 15) is 8.78 Å². The molecule has 2 rings (SSSR count). The normalized spacial score (nSPS) is 12.4. The minimum absolute atomic E-state index is 0.332. The van der Waals surface area contributed by atoms with Gasteiger partial charge in [-0.3, -0.25) is 0 Å². The molecule has 0 heterocycles. The number of rotatable bonds is 4. The third kappa shape index (κ3) is 2.99. The Kier molecular flexibility index (Phi) is 4.27. The lowest BCUT2D eigenvalue weighted by molar-refractivity contribution is 0.483. The van der Waals surface area contributed by atoms with Crippen molar-refractivity contribution in [2.45, 2.75) is 19.9 Å². The van der Waals surface area contributed by atoms with Gasteiger partial charge in [0.2, 0.25) is 0 Å². The second kappa shape index (κ2) is 5.93. The van der Waals surface area contributed by atoms with Crippen molar-refractivity contribution in [1.29, 1.82) is 0 Å². The van der Waals surface area contributed by atoms with Gasteiger partial charge < -0.3 is 5.32 Å². The van der Waals surface area contributed by atoms with E-state index in [0.29, 0.717) is 12.1 Å². The molecule has 0 radical (unpaired) electrons. The van der Waals surface area contributed by atoms with Crippen LogP contribution in [0, 0.1) is 18.6 Å². The summed E-state index contributed by atoms with van der Waals surface area (Å²) in [5.41, 5.74) is 2.40. The lowest BCUT2D eigenvalue weighted by atomic mass is 9.97. The van der Waals surface area contributed by atoms with Crippen LogP contribution in [0.2, 0.25) is 0 Å². The maximum Gasteiger partial charge on any atom is 0.163 e. The first-order valence-corrected chi connectivity index (χ1v) is 6.37. The van der Waals surface area contributed by atoms with Crippen LogP contribution in [0.25, 0.3) is 0 Å². The van der Waals surface area contributed by atoms with Gasteiger partial charge in [-0.2, -0.15) is 0 Å². The zero-order chi connectivity index (χ0) is 13.8. The Morgan fingerprint density at radius 1 is 1.05 bits per heavy atom. The van der Waals surface area contributed by atoms with E-state index < -0.39 is 11.6 Å². The number of aryl methyl sites for hydroxylation is 1. The summed E-state index contributed by atoms with van der Waals surface area (Å²) in [6.07, 6.45) is 0. The van der Waals surface area contributed by atoms with Crippen LogP contribution >= 0.6 is 0 Å². The van der Waals surface area contributed by atoms with Crippen molar-refractivity contribution < 1.29 is 8.78 Å². The number of benzene rings is 2. The Morgan fingerprint density at radius 2 is 1.74 bits per heavy atom. The average Bonchev–Trinajstić information content (AvgIpc) is 2.41. The van der Waals surface area contributed by atoms with Gasteiger partial charge in [-0.15, -0.1) is 0 Å². The minimum Gasteiger partial charge on any atom is -0.306 e. The maximum atomic E-state index is 13.9. The van der Waals surface area contributed by atoms with Gasteiger partial charge in [0.05, 0.1) is 6.04 Å². The van der Waals surface area contributed by atoms with Gasteiger partial charge >= 0.3 is 0 Å². The Balaban J connectivity index is 2.45. The molecule has 1 unspecified atom stereocenters. The molecule has 0 fully saturated rings. The van der Waals surface area contributed by atoms with E-state index in [2.05, 4.69) is 5.32 Å². The average molecular weight is 261 g/mol. The van der Waals surface area contributed by atoms with Crippen LogP contribution in [0.15, 0.2) is 42.5 Å². The third-order valence-electron chi connectivity index (χ3n) is 3.11. The fraction of sp³-hybridized carbons (Fsp3) is 0.250. The molecule has 0 aliphatic carbocycles. The number of hydrogen-bond donors (Lipinski definition) is 1. The highest BCUT2D eigenvalue weighted by molar-refractivity contribution is 5.34. The van der Waals surface area contributed by atoms with Gasteiger partial charge in [-0.05, 0) is 25.1 Å². The molecule has 2 aromatic rings. The van der Waals surface area contributed by atoms with Crippen LogP contribution in [0.5, 0.6) is 0 Å². The predicted octanol–water partition coefficient (Wildman–Crippen LogP) is 3.97. The number of hydrogen-bond acceptors (Lipinski definition) is 1. The van der Waals surface area contributed by atoms with Crippen molar-refractivity contribution in [2.24, 2.45) is 0 Å². The first kappa shape index (κ1) is 13.7. The summed E-state index contributed by atoms with van der Waals surface area (Å²) in [5.74, 6) is -1.60. The van der Waals surface area contributed by atoms with Crippen molar-refractivity contribution in [2.75, 3.05) is 6.54 Å². The summed E-state index contributed by atoms with van der Waals surface area (Å²) in [6, 6.07) is 11.8. The first-order chi connectivity index (χ1) is 9.13. The van der Waals surface area contributed by atoms with Gasteiger partial charge in [0.1, 0.15) is 0 Å². The van der Waals surface area contributed by atoms with Crippen LogP contribution < -0.4 is 5.32 Å². The predicted molar refractivity (Wildman–Crippen MR) is 73.1 cm³/mol. The van der Waals surface area contributed by atoms with E-state index >= 15 is 0 Å². The molecule has 1 nitrogen and oxygen atoms in total. The molecule has 1 N–H and O–H groups in total. The van der Waals surface area contributed by atoms with Gasteiger partial charge in [0, 0.05) is 5.56 Å². The minimum atomic E-state index is -0.812. The van der Waals surface area contributed by atoms with Crippen LogP contribution in [0.1, 0.15) is 29.7 Å². The number of halogens is 2. The second-order valence-electron chi connectivity index (χ2n) is 4.54. The Morgan fingerprint density at radius 3 is 2.37 bits per heavy atom. The first-order valence-electron chi connectivity index (χ1n) is 6.37. The van der Waals surface area contributed by atoms with E-state index in [0.717, 1.165) is 17.2 Å². The molecule has 100 valence electrons. The van der Waals surface area contributed by atoms with Crippen molar-refractivity contribution >= 4 is 0 Å². The Bertz CT molecular complexity index is 549. The molecule has 19 heavy (non-hydrogen) atoms. The molecule has 0 saturated heterocycles. The van der Waals surface area contributed by atoms with Crippen molar-refractivity contribution in [3.8, 4) is 0 Å². The van der Waals surface area contributed by atoms with E-state index in [1.807, 2.05) is 38.1 Å². The van der Waals surface area contributed by atoms with Crippen molar-refractivity contribution in [3.05, 3.63) is 70.8 Å². The zero-order valence-corrected chi connectivity index (χ0v) is 11.1. The van der Waals surface area contributed by atoms with Gasteiger partial charge in [0.25, 0.3) is 0 Å². The molecule has 0 bridgehead atoms. The summed E-state index contributed by atoms with van der Waals surface area (Å²) in [4.78, 5) is 0. The van der Waals surface area contributed by atoms with Crippen molar-refractivity contribution in [1.82, 2.24) is 5.32 Å². The molecule has 0 amide bonds. The highest BCUT2D eigenvalue weighted by atomic mass is 19.2. The monoisotopic (exact) mass is 261 g/mol. The Hall–Kier alpha value is -1.74. The summed E-state index contributed by atoms with van der Waals surface area (Å²) < 4.78 is 27.3. The van der Waals surface area contributed by atoms with E-state index in [1.54, 1.807) is 6.07 Å². The molecule has 3 heteroatoms. The van der Waals surface area contributed by atoms with Crippen LogP contribution in [-0.4, -0.2) is 6.54 Å². The van der Waals surface area contributed by atoms with Gasteiger partial charge in [0.15, 0.2) is 11.6 Å². The van der Waals surface area contributed by atoms with E-state index in [4.69, 9.17) is 0 Å². The molecule has 2 aromatic carbocycles. The highest BCUT2D eigenvalue weighted by Crippen LogP contribution is 2.25. The van der Waals surface area contributed by atoms with Gasteiger partial charge in [-0.25, -0.2) is 8.78 Å². The summed E-state index contributed by atoms with van der Waals surface area (Å²) in [7, 11) is 0. The topological polar surface area (TPSA) is 12.0 Å². The maximum absolute atomic E-state index is 13.9. The highest BCUT2D eigenvalue weighted by Gasteiger charge is 2.18. The molecule has 0 aromatic heterocycles. The molecular formula is C16H17F2N. The molecule has 0 aliphatic heterocycles. The van der Waals surface area contributed by atoms with E-state index in [-0.39, 0.29) is 6.04 Å². The Labute approximate surface area is 112 Å². The molecular weight excluding hydrogens is 244 g/mol. The molecule has 0 aliphatic rings. The SMILES string of the molecule is CCNC(c1ccc(C)cc1)c1cccc(F)c1F. The largest absolute Gasteiger partial charge is 0.306 e. The molecule has 1 atom stereocenters. The standard InChI is InChI=1S/C16H17F2N/c1-3-19-16(12-9-7-11(2)8-10-12)13-5-4-6-14(17)15(13)18/h4-10,16,19H,3H2,1-2H3. The quantitative estimate of drug-likeness (QED) is 0.878. The third-order valence-corrected chi connectivity index (χ3v) is 3.11. The van der Waals surface area contributed by atoms with Crippen molar-refractivity contribution in [3.63, 3.8) is 0 Å². The summed E-state index contributed by atoms with van der Waals surface area (Å²) >= 11 is 0. The smallest absolute Gasteiger partial charge is 0.163 e. The van der Waals surface area contributed by atoms with E-state index in [1.165, 1.54) is 6.07 Å². The summed E-state index contributed by atoms with van der Waals surface area (Å²) in [6.45, 7) is 4.61. The molecule has 0 saturated carbocycles. The van der Waals surface area contributed by atoms with Crippen LogP contribution in [0.3, 0.4) is 0 Å². The fourth-order valence-corrected chi connectivity index (χ4v) is 2.11. The lowest BCUT2D eigenvalue weighted by Gasteiger charge is -2.20.